The van der Waals surface area contributed by atoms with Crippen molar-refractivity contribution in [1.29, 1.82) is 0 Å². The molecule has 1 aromatic carbocycles. The fourth-order valence-electron chi connectivity index (χ4n) is 2.70. The highest BCUT2D eigenvalue weighted by molar-refractivity contribution is 9.10. The number of anilines is 1. The van der Waals surface area contributed by atoms with Gasteiger partial charge in [0.05, 0.1) is 11.3 Å². The van der Waals surface area contributed by atoms with Crippen LogP contribution in [-0.4, -0.2) is 38.0 Å². The molecule has 2 aromatic rings. The minimum absolute atomic E-state index is 0.118. The molecule has 7 heteroatoms. The van der Waals surface area contributed by atoms with Gasteiger partial charge in [-0.25, -0.2) is 0 Å². The fourth-order valence-corrected chi connectivity index (χ4v) is 3.01. The van der Waals surface area contributed by atoms with E-state index in [1.807, 2.05) is 0 Å². The number of para-hydroxylation sites is 1. The minimum atomic E-state index is -0.316. The molecule has 1 aliphatic heterocycles. The van der Waals surface area contributed by atoms with Gasteiger partial charge in [-0.3, -0.25) is 9.59 Å². The molecular weight excluding hydrogens is 374 g/mol. The molecule has 24 heavy (non-hydrogen) atoms. The number of amides is 2. The Bertz CT molecular complexity index is 753. The molecular formula is C17H18BrN3O3. The number of furan rings is 1. The number of hydrogen-bond acceptors (Lipinski definition) is 4. The van der Waals surface area contributed by atoms with Gasteiger partial charge in [0, 0.05) is 19.6 Å². The Morgan fingerprint density at radius 1 is 1.29 bits per heavy atom. The van der Waals surface area contributed by atoms with Gasteiger partial charge in [0.1, 0.15) is 0 Å². The van der Waals surface area contributed by atoms with E-state index in [0.29, 0.717) is 15.9 Å². The van der Waals surface area contributed by atoms with E-state index >= 15 is 0 Å². The third-order valence-electron chi connectivity index (χ3n) is 3.99. The van der Waals surface area contributed by atoms with Crippen molar-refractivity contribution in [2.45, 2.75) is 12.5 Å². The van der Waals surface area contributed by atoms with Crippen LogP contribution in [0.2, 0.25) is 0 Å². The molecule has 0 bridgehead atoms. The molecule has 0 aliphatic carbocycles. The Kier molecular flexibility index (Phi) is 5.01. The molecule has 2 amide bonds. The molecule has 1 unspecified atom stereocenters. The SMILES string of the molecule is CN(C(=O)c1ccc(Br)o1)c1ccccc1C(=O)NC1CCNC1. The molecule has 3 rings (SSSR count). The zero-order chi connectivity index (χ0) is 17.1. The van der Waals surface area contributed by atoms with E-state index in [1.165, 1.54) is 4.90 Å². The zero-order valence-electron chi connectivity index (χ0n) is 13.2. The molecule has 1 fully saturated rings. The summed E-state index contributed by atoms with van der Waals surface area (Å²) in [6.45, 7) is 1.67. The number of benzene rings is 1. The maximum atomic E-state index is 12.6. The summed E-state index contributed by atoms with van der Waals surface area (Å²) in [5, 5.41) is 6.22. The van der Waals surface area contributed by atoms with Crippen molar-refractivity contribution in [3.05, 3.63) is 52.4 Å². The zero-order valence-corrected chi connectivity index (χ0v) is 14.8. The van der Waals surface area contributed by atoms with E-state index in [1.54, 1.807) is 43.4 Å². The summed E-state index contributed by atoms with van der Waals surface area (Å²) < 4.78 is 5.80. The number of nitrogens with zero attached hydrogens (tertiary/aromatic N) is 1. The molecule has 0 saturated carbocycles. The number of carbonyl (C=O) groups is 2. The van der Waals surface area contributed by atoms with Crippen LogP contribution in [0.15, 0.2) is 45.5 Å². The van der Waals surface area contributed by atoms with E-state index in [2.05, 4.69) is 26.6 Å². The van der Waals surface area contributed by atoms with Crippen LogP contribution in [0.3, 0.4) is 0 Å². The third kappa shape index (κ3) is 3.52. The monoisotopic (exact) mass is 391 g/mol. The van der Waals surface area contributed by atoms with Gasteiger partial charge in [0.15, 0.2) is 10.4 Å². The molecule has 126 valence electrons. The molecule has 6 nitrogen and oxygen atoms in total. The van der Waals surface area contributed by atoms with Gasteiger partial charge < -0.3 is 20.0 Å². The lowest BCUT2D eigenvalue weighted by molar-refractivity contribution is 0.0940. The average molecular weight is 392 g/mol. The first-order chi connectivity index (χ1) is 11.6. The Morgan fingerprint density at radius 2 is 2.08 bits per heavy atom. The van der Waals surface area contributed by atoms with E-state index < -0.39 is 0 Å². The minimum Gasteiger partial charge on any atom is -0.444 e. The van der Waals surface area contributed by atoms with Gasteiger partial charge in [-0.15, -0.1) is 0 Å². The highest BCUT2D eigenvalue weighted by Crippen LogP contribution is 2.23. The summed E-state index contributed by atoms with van der Waals surface area (Å²) in [5.74, 6) is -0.289. The first kappa shape index (κ1) is 16.7. The maximum absolute atomic E-state index is 12.6. The van der Waals surface area contributed by atoms with Gasteiger partial charge in [-0.05, 0) is 53.2 Å². The lowest BCUT2D eigenvalue weighted by Gasteiger charge is -2.20. The number of halogens is 1. The van der Waals surface area contributed by atoms with Crippen LogP contribution >= 0.6 is 15.9 Å². The van der Waals surface area contributed by atoms with Gasteiger partial charge in [-0.1, -0.05) is 12.1 Å². The van der Waals surface area contributed by atoms with Crippen molar-refractivity contribution in [3.63, 3.8) is 0 Å². The molecule has 1 saturated heterocycles. The molecule has 1 aromatic heterocycles. The predicted molar refractivity (Wildman–Crippen MR) is 94.3 cm³/mol. The van der Waals surface area contributed by atoms with E-state index in [9.17, 15) is 9.59 Å². The average Bonchev–Trinajstić information content (AvgIpc) is 3.25. The number of rotatable bonds is 4. The first-order valence-electron chi connectivity index (χ1n) is 7.70. The van der Waals surface area contributed by atoms with Gasteiger partial charge in [0.2, 0.25) is 0 Å². The Morgan fingerprint density at radius 3 is 2.75 bits per heavy atom. The molecule has 0 spiro atoms. The van der Waals surface area contributed by atoms with Crippen LogP contribution in [0.25, 0.3) is 0 Å². The summed E-state index contributed by atoms with van der Waals surface area (Å²) in [6.07, 6.45) is 0.906. The second-order valence-electron chi connectivity index (χ2n) is 5.65. The Balaban J connectivity index is 1.82. The smallest absolute Gasteiger partial charge is 0.293 e. The largest absolute Gasteiger partial charge is 0.444 e. The lowest BCUT2D eigenvalue weighted by atomic mass is 10.1. The normalized spacial score (nSPS) is 16.8. The fraction of sp³-hybridized carbons (Fsp3) is 0.294. The van der Waals surface area contributed by atoms with E-state index in [4.69, 9.17) is 4.42 Å². The molecule has 1 atom stereocenters. The standard InChI is InChI=1S/C17H18BrN3O3/c1-21(17(23)14-6-7-15(18)24-14)13-5-3-2-4-12(13)16(22)20-11-8-9-19-10-11/h2-7,11,19H,8-10H2,1H3,(H,20,22). The van der Waals surface area contributed by atoms with Crippen molar-refractivity contribution >= 4 is 33.4 Å². The number of nitrogens with one attached hydrogen (secondary N) is 2. The van der Waals surface area contributed by atoms with Crippen molar-refractivity contribution in [3.8, 4) is 0 Å². The number of carbonyl (C=O) groups excluding carboxylic acids is 2. The second-order valence-corrected chi connectivity index (χ2v) is 6.43. The summed E-state index contributed by atoms with van der Waals surface area (Å²) in [5.41, 5.74) is 1.00. The Hall–Kier alpha value is -2.12. The topological polar surface area (TPSA) is 74.6 Å². The van der Waals surface area contributed by atoms with Gasteiger partial charge in [-0.2, -0.15) is 0 Å². The van der Waals surface area contributed by atoms with Crippen LogP contribution in [0.1, 0.15) is 27.3 Å². The van der Waals surface area contributed by atoms with Crippen molar-refractivity contribution < 1.29 is 14.0 Å². The van der Waals surface area contributed by atoms with E-state index in [0.717, 1.165) is 19.5 Å². The van der Waals surface area contributed by atoms with Crippen LogP contribution in [0.5, 0.6) is 0 Å². The van der Waals surface area contributed by atoms with Crippen molar-refractivity contribution in [2.24, 2.45) is 0 Å². The summed E-state index contributed by atoms with van der Waals surface area (Å²) >= 11 is 3.18. The lowest BCUT2D eigenvalue weighted by Crippen LogP contribution is -2.37. The maximum Gasteiger partial charge on any atom is 0.293 e. The molecule has 1 aliphatic rings. The molecule has 2 N–H and O–H groups in total. The second kappa shape index (κ2) is 7.19. The molecule has 0 radical (unpaired) electrons. The van der Waals surface area contributed by atoms with Crippen LogP contribution in [0.4, 0.5) is 5.69 Å². The summed E-state index contributed by atoms with van der Waals surface area (Å²) in [7, 11) is 1.63. The quantitative estimate of drug-likeness (QED) is 0.838. The highest BCUT2D eigenvalue weighted by Gasteiger charge is 2.23. The van der Waals surface area contributed by atoms with Gasteiger partial charge >= 0.3 is 0 Å². The van der Waals surface area contributed by atoms with Crippen molar-refractivity contribution in [2.75, 3.05) is 25.0 Å². The highest BCUT2D eigenvalue weighted by atomic mass is 79.9. The van der Waals surface area contributed by atoms with Crippen LogP contribution < -0.4 is 15.5 Å². The van der Waals surface area contributed by atoms with E-state index in [-0.39, 0.29) is 23.6 Å². The third-order valence-corrected chi connectivity index (χ3v) is 4.42. The summed E-state index contributed by atoms with van der Waals surface area (Å²) in [4.78, 5) is 26.6. The van der Waals surface area contributed by atoms with Crippen LogP contribution in [-0.2, 0) is 0 Å². The predicted octanol–water partition coefficient (Wildman–Crippen LogP) is 2.41. The summed E-state index contributed by atoms with van der Waals surface area (Å²) in [6, 6.07) is 10.4. The van der Waals surface area contributed by atoms with Crippen LogP contribution in [0, 0.1) is 0 Å². The first-order valence-corrected chi connectivity index (χ1v) is 8.49. The van der Waals surface area contributed by atoms with Crippen molar-refractivity contribution in [1.82, 2.24) is 10.6 Å². The Labute approximate surface area is 148 Å². The number of hydrogen-bond donors (Lipinski definition) is 2. The van der Waals surface area contributed by atoms with Gasteiger partial charge in [0.25, 0.3) is 11.8 Å². The molecule has 2 heterocycles.